The highest BCUT2D eigenvalue weighted by Gasteiger charge is 2.20. The van der Waals surface area contributed by atoms with Crippen LogP contribution in [0.25, 0.3) is 0 Å². The van der Waals surface area contributed by atoms with Gasteiger partial charge >= 0.3 is 35.8 Å². The van der Waals surface area contributed by atoms with Gasteiger partial charge in [0.1, 0.15) is 39.6 Å². The standard InChI is InChI=1S/C74H139NO13/c1-5-9-13-17-21-25-29-33-37-43-51-69(77)83-61-67(62-84-70(78)52-44-38-34-30-26-22-18-14-10-6-2)65-87-73(81)55-47-41-49-57-75(59-60-76)58-50-42-48-56-74(82)88-66-68(63-85-71(79)53-45-39-35-31-27-23-19-15-11-7-3)64-86-72(80)54-46-40-36-32-28-24-20-16-12-8-4/h67-68,76H,5-66H2,1-4H3. The van der Waals surface area contributed by atoms with Gasteiger partial charge in [0.2, 0.25) is 0 Å². The third-order valence-electron chi connectivity index (χ3n) is 16.9. The second kappa shape index (κ2) is 68.1. The first-order valence-electron chi connectivity index (χ1n) is 37.3. The summed E-state index contributed by atoms with van der Waals surface area (Å²) >= 11 is 0. The number of rotatable bonds is 70. The van der Waals surface area contributed by atoms with E-state index in [1.807, 2.05) is 0 Å². The number of carbonyl (C=O) groups excluding carboxylic acids is 6. The molecule has 0 spiro atoms. The van der Waals surface area contributed by atoms with Crippen molar-refractivity contribution in [2.45, 2.75) is 362 Å². The fraction of sp³-hybridized carbons (Fsp3) is 0.919. The van der Waals surface area contributed by atoms with E-state index >= 15 is 0 Å². The van der Waals surface area contributed by atoms with Crippen molar-refractivity contribution in [3.05, 3.63) is 0 Å². The number of hydrogen-bond acceptors (Lipinski definition) is 14. The molecule has 0 heterocycles. The number of hydrogen-bond donors (Lipinski definition) is 1. The fourth-order valence-corrected chi connectivity index (χ4v) is 11.1. The van der Waals surface area contributed by atoms with E-state index in [0.29, 0.717) is 45.1 Å². The number of aliphatic hydroxyl groups excluding tert-OH is 1. The number of esters is 6. The largest absolute Gasteiger partial charge is 0.465 e. The lowest BCUT2D eigenvalue weighted by molar-refractivity contribution is -0.156. The molecule has 0 saturated heterocycles. The molecule has 0 aliphatic rings. The van der Waals surface area contributed by atoms with Crippen molar-refractivity contribution in [3.63, 3.8) is 0 Å². The smallest absolute Gasteiger partial charge is 0.305 e. The van der Waals surface area contributed by atoms with Crippen LogP contribution in [0.3, 0.4) is 0 Å². The first-order valence-corrected chi connectivity index (χ1v) is 37.3. The van der Waals surface area contributed by atoms with Crippen LogP contribution < -0.4 is 0 Å². The maximum absolute atomic E-state index is 12.9. The molecule has 0 aliphatic carbocycles. The zero-order valence-electron chi connectivity index (χ0n) is 57.8. The van der Waals surface area contributed by atoms with Crippen LogP contribution in [-0.2, 0) is 57.2 Å². The molecule has 0 atom stereocenters. The van der Waals surface area contributed by atoms with Gasteiger partial charge in [-0.2, -0.15) is 0 Å². The molecule has 0 aromatic rings. The van der Waals surface area contributed by atoms with E-state index in [2.05, 4.69) is 32.6 Å². The van der Waals surface area contributed by atoms with Crippen LogP contribution in [0.15, 0.2) is 0 Å². The van der Waals surface area contributed by atoms with Crippen molar-refractivity contribution < 1.29 is 62.3 Å². The molecule has 14 heteroatoms. The van der Waals surface area contributed by atoms with Gasteiger partial charge < -0.3 is 38.4 Å². The highest BCUT2D eigenvalue weighted by atomic mass is 16.6. The number of nitrogens with zero attached hydrogens (tertiary/aromatic N) is 1. The molecule has 0 amide bonds. The highest BCUT2D eigenvalue weighted by molar-refractivity contribution is 5.71. The normalized spacial score (nSPS) is 11.5. The topological polar surface area (TPSA) is 181 Å². The molecule has 0 unspecified atom stereocenters. The van der Waals surface area contributed by atoms with Crippen LogP contribution in [0.5, 0.6) is 0 Å². The zero-order chi connectivity index (χ0) is 64.3. The summed E-state index contributed by atoms with van der Waals surface area (Å²) in [7, 11) is 0. The third-order valence-corrected chi connectivity index (χ3v) is 16.9. The highest BCUT2D eigenvalue weighted by Crippen LogP contribution is 2.18. The second-order valence-electron chi connectivity index (χ2n) is 25.7. The van der Waals surface area contributed by atoms with E-state index < -0.39 is 11.8 Å². The summed E-state index contributed by atoms with van der Waals surface area (Å²) in [5, 5.41) is 9.80. The lowest BCUT2D eigenvalue weighted by Gasteiger charge is -2.21. The van der Waals surface area contributed by atoms with E-state index in [-0.39, 0.29) is 94.9 Å². The van der Waals surface area contributed by atoms with Crippen LogP contribution in [0.2, 0.25) is 0 Å². The molecule has 0 bridgehead atoms. The average Bonchev–Trinajstić information content (AvgIpc) is 3.53. The summed E-state index contributed by atoms with van der Waals surface area (Å²) in [4.78, 5) is 78.8. The van der Waals surface area contributed by atoms with Gasteiger partial charge in [0.25, 0.3) is 0 Å². The molecule has 0 fully saturated rings. The molecule has 0 radical (unpaired) electrons. The number of carbonyl (C=O) groups is 6. The van der Waals surface area contributed by atoms with Gasteiger partial charge in [-0.05, 0) is 64.5 Å². The predicted molar refractivity (Wildman–Crippen MR) is 359 cm³/mol. The van der Waals surface area contributed by atoms with Gasteiger partial charge in [-0.3, -0.25) is 28.8 Å². The Kier molecular flexibility index (Phi) is 65.6. The van der Waals surface area contributed by atoms with Crippen molar-refractivity contribution in [1.29, 1.82) is 0 Å². The van der Waals surface area contributed by atoms with Crippen molar-refractivity contribution >= 4 is 35.8 Å². The van der Waals surface area contributed by atoms with Crippen LogP contribution in [-0.4, -0.2) is 112 Å². The maximum Gasteiger partial charge on any atom is 0.305 e. The molecular formula is C74H139NO13. The minimum Gasteiger partial charge on any atom is -0.465 e. The predicted octanol–water partition coefficient (Wildman–Crippen LogP) is 19.1. The van der Waals surface area contributed by atoms with Crippen molar-refractivity contribution in [2.24, 2.45) is 11.8 Å². The van der Waals surface area contributed by atoms with Crippen LogP contribution in [0, 0.1) is 11.8 Å². The van der Waals surface area contributed by atoms with Crippen molar-refractivity contribution in [1.82, 2.24) is 4.90 Å². The van der Waals surface area contributed by atoms with Crippen LogP contribution in [0.1, 0.15) is 362 Å². The summed E-state index contributed by atoms with van der Waals surface area (Å²) < 4.78 is 33.8. The molecule has 0 aromatic carbocycles. The molecule has 0 rings (SSSR count). The molecule has 0 saturated carbocycles. The van der Waals surface area contributed by atoms with Gasteiger partial charge in [-0.1, -0.05) is 272 Å². The minimum absolute atomic E-state index is 0.00570. The average molecular weight is 1250 g/mol. The summed E-state index contributed by atoms with van der Waals surface area (Å²) in [6.45, 7) is 11.2. The van der Waals surface area contributed by atoms with E-state index in [1.165, 1.54) is 180 Å². The SMILES string of the molecule is CCCCCCCCCCCCC(=O)OCC(COC(=O)CCCCCCCCCCCC)COC(=O)CCCCCN(CCO)CCCCCC(=O)OCC(COC(=O)CCCCCCCCCCCC)COC(=O)CCCCCCCCCCCC. The monoisotopic (exact) mass is 1250 g/mol. The number of aliphatic hydroxyl groups is 1. The van der Waals surface area contributed by atoms with Gasteiger partial charge in [-0.15, -0.1) is 0 Å². The molecular weight excluding hydrogens is 1110 g/mol. The summed E-state index contributed by atoms with van der Waals surface area (Å²) in [5.41, 5.74) is 0. The van der Waals surface area contributed by atoms with Gasteiger partial charge in [0.15, 0.2) is 0 Å². The first-order chi connectivity index (χ1) is 43.1. The Morgan fingerprint density at radius 1 is 0.239 bits per heavy atom. The van der Waals surface area contributed by atoms with Crippen molar-refractivity contribution in [2.75, 3.05) is 65.9 Å². The van der Waals surface area contributed by atoms with Crippen LogP contribution >= 0.6 is 0 Å². The Balaban J connectivity index is 4.86. The number of ether oxygens (including phenoxy) is 6. The Morgan fingerprint density at radius 2 is 0.398 bits per heavy atom. The van der Waals surface area contributed by atoms with Gasteiger partial charge in [0, 0.05) is 45.1 Å². The van der Waals surface area contributed by atoms with E-state index in [9.17, 15) is 33.9 Å². The summed E-state index contributed by atoms with van der Waals surface area (Å²) in [6.07, 6.45) is 53.7. The second-order valence-corrected chi connectivity index (χ2v) is 25.7. The molecule has 0 aromatic heterocycles. The maximum atomic E-state index is 12.9. The molecule has 1 N–H and O–H groups in total. The summed E-state index contributed by atoms with van der Waals surface area (Å²) in [6, 6.07) is 0. The van der Waals surface area contributed by atoms with Gasteiger partial charge in [0.05, 0.1) is 18.4 Å². The number of unbranched alkanes of at least 4 members (excludes halogenated alkanes) is 40. The Morgan fingerprint density at radius 3 is 0.568 bits per heavy atom. The lowest BCUT2D eigenvalue weighted by atomic mass is 10.1. The van der Waals surface area contributed by atoms with Gasteiger partial charge in [-0.25, -0.2) is 0 Å². The molecule has 0 aliphatic heterocycles. The quantitative estimate of drug-likeness (QED) is 0.0345. The third kappa shape index (κ3) is 62.9. The Labute approximate surface area is 540 Å². The molecule has 14 nitrogen and oxygen atoms in total. The van der Waals surface area contributed by atoms with E-state index in [4.69, 9.17) is 28.4 Å². The Hall–Kier alpha value is -3.26. The van der Waals surface area contributed by atoms with E-state index in [1.54, 1.807) is 0 Å². The van der Waals surface area contributed by atoms with Crippen LogP contribution in [0.4, 0.5) is 0 Å². The molecule has 88 heavy (non-hydrogen) atoms. The Bertz CT molecular complexity index is 1390. The van der Waals surface area contributed by atoms with Crippen molar-refractivity contribution in [3.8, 4) is 0 Å². The van der Waals surface area contributed by atoms with E-state index in [0.717, 1.165) is 116 Å². The first kappa shape index (κ1) is 84.7. The summed E-state index contributed by atoms with van der Waals surface area (Å²) in [5.74, 6) is -2.67. The fourth-order valence-electron chi connectivity index (χ4n) is 11.1. The minimum atomic E-state index is -0.444. The lowest BCUT2D eigenvalue weighted by Crippen LogP contribution is -2.29. The molecule has 518 valence electrons. The zero-order valence-corrected chi connectivity index (χ0v) is 57.8.